The third kappa shape index (κ3) is 5.66. The molecule has 3 heterocycles. The zero-order valence-corrected chi connectivity index (χ0v) is 27.5. The number of carbonyl (C=O) groups is 3. The number of rotatable bonds is 15. The summed E-state index contributed by atoms with van der Waals surface area (Å²) in [5, 5.41) is 10.4. The summed E-state index contributed by atoms with van der Waals surface area (Å²) in [4.78, 5) is 50.2. The van der Waals surface area contributed by atoms with Crippen molar-refractivity contribution in [3.8, 4) is 0 Å². The number of benzene rings is 1. The Bertz CT molecular complexity index is 1190. The lowest BCUT2D eigenvalue weighted by atomic mass is 9.70. The first-order chi connectivity index (χ1) is 20.7. The molecule has 2 bridgehead atoms. The van der Waals surface area contributed by atoms with Crippen LogP contribution in [0.1, 0.15) is 47.0 Å². The van der Waals surface area contributed by atoms with E-state index < -0.39 is 35.6 Å². The summed E-state index contributed by atoms with van der Waals surface area (Å²) in [7, 11) is 0. The van der Waals surface area contributed by atoms with Crippen molar-refractivity contribution >= 4 is 45.0 Å². The average molecular weight is 660 g/mol. The Morgan fingerprint density at radius 3 is 2.26 bits per heavy atom. The zero-order chi connectivity index (χ0) is 31.5. The highest BCUT2D eigenvalue weighted by molar-refractivity contribution is 9.09. The number of ether oxygens (including phenoxy) is 1. The highest BCUT2D eigenvalue weighted by atomic mass is 79.9. The molecule has 0 radical (unpaired) electrons. The van der Waals surface area contributed by atoms with Gasteiger partial charge in [0.05, 0.1) is 30.6 Å². The van der Waals surface area contributed by atoms with Crippen LogP contribution in [0.25, 0.3) is 0 Å². The molecule has 3 fully saturated rings. The summed E-state index contributed by atoms with van der Waals surface area (Å²) in [6, 6.07) is 6.22. The summed E-state index contributed by atoms with van der Waals surface area (Å²) in [6.07, 6.45) is 4.44. The molecule has 3 unspecified atom stereocenters. The predicted octanol–water partition coefficient (Wildman–Crippen LogP) is 4.00. The number of carbonyl (C=O) groups excluding carboxylic acids is 3. The number of halogens is 1. The maximum absolute atomic E-state index is 14.8. The van der Waals surface area contributed by atoms with Gasteiger partial charge in [0.2, 0.25) is 11.8 Å². The van der Waals surface area contributed by atoms with Crippen LogP contribution >= 0.6 is 15.9 Å². The van der Waals surface area contributed by atoms with E-state index >= 15 is 0 Å². The van der Waals surface area contributed by atoms with Gasteiger partial charge in [-0.15, -0.1) is 13.2 Å². The summed E-state index contributed by atoms with van der Waals surface area (Å²) < 4.78 is 6.71. The van der Waals surface area contributed by atoms with E-state index in [1.807, 2.05) is 38.1 Å². The first-order valence-corrected chi connectivity index (χ1v) is 16.5. The van der Waals surface area contributed by atoms with Gasteiger partial charge in [-0.1, -0.05) is 41.9 Å². The molecule has 0 aliphatic carbocycles. The van der Waals surface area contributed by atoms with Crippen molar-refractivity contribution in [1.82, 2.24) is 9.80 Å². The predicted molar refractivity (Wildman–Crippen MR) is 173 cm³/mol. The first kappa shape index (κ1) is 33.2. The Hall–Kier alpha value is -2.69. The zero-order valence-electron chi connectivity index (χ0n) is 26.0. The summed E-state index contributed by atoms with van der Waals surface area (Å²) in [5.74, 6) is -2.33. The molecule has 1 spiro atoms. The molecule has 10 heteroatoms. The maximum atomic E-state index is 14.8. The topological polar surface area (TPSA) is 93.6 Å². The fraction of sp³-hybridized carbons (Fsp3) is 0.606. The van der Waals surface area contributed by atoms with Crippen molar-refractivity contribution in [2.24, 2.45) is 11.8 Å². The van der Waals surface area contributed by atoms with E-state index in [0.29, 0.717) is 31.6 Å². The first-order valence-electron chi connectivity index (χ1n) is 15.6. The molecule has 0 saturated carbocycles. The Morgan fingerprint density at radius 1 is 1.09 bits per heavy atom. The molecule has 0 aromatic heterocycles. The largest absolute Gasteiger partial charge is 0.394 e. The van der Waals surface area contributed by atoms with Gasteiger partial charge in [-0.25, -0.2) is 0 Å². The third-order valence-corrected chi connectivity index (χ3v) is 10.2. The molecule has 236 valence electrons. The highest BCUT2D eigenvalue weighted by Crippen LogP contribution is 2.61. The molecule has 1 aromatic rings. The number of aliphatic hydroxyl groups is 1. The van der Waals surface area contributed by atoms with Crippen LogP contribution in [-0.2, 0) is 19.1 Å². The minimum Gasteiger partial charge on any atom is -0.394 e. The quantitative estimate of drug-likeness (QED) is 0.226. The van der Waals surface area contributed by atoms with E-state index in [0.717, 1.165) is 25.2 Å². The normalized spacial score (nSPS) is 28.0. The van der Waals surface area contributed by atoms with Crippen LogP contribution in [0.4, 0.5) is 11.4 Å². The van der Waals surface area contributed by atoms with Crippen molar-refractivity contribution < 1.29 is 24.2 Å². The molecule has 3 aliphatic heterocycles. The van der Waals surface area contributed by atoms with E-state index in [1.54, 1.807) is 22.0 Å². The van der Waals surface area contributed by atoms with Crippen LogP contribution in [0, 0.1) is 11.8 Å². The number of anilines is 2. The lowest BCUT2D eigenvalue weighted by Crippen LogP contribution is -2.59. The van der Waals surface area contributed by atoms with Gasteiger partial charge in [0.15, 0.2) is 0 Å². The van der Waals surface area contributed by atoms with Crippen LogP contribution in [0.3, 0.4) is 0 Å². The molecule has 9 nitrogen and oxygen atoms in total. The van der Waals surface area contributed by atoms with E-state index in [1.165, 1.54) is 4.90 Å². The van der Waals surface area contributed by atoms with Crippen molar-refractivity contribution in [3.63, 3.8) is 0 Å². The lowest BCUT2D eigenvalue weighted by molar-refractivity contribution is -0.147. The van der Waals surface area contributed by atoms with Gasteiger partial charge in [0, 0.05) is 48.9 Å². The maximum Gasteiger partial charge on any atom is 0.253 e. The minimum atomic E-state index is -1.21. The number of nitrogens with zero attached hydrogens (tertiary/aromatic N) is 4. The van der Waals surface area contributed by atoms with Gasteiger partial charge >= 0.3 is 0 Å². The molecule has 43 heavy (non-hydrogen) atoms. The molecule has 3 saturated heterocycles. The van der Waals surface area contributed by atoms with Crippen molar-refractivity contribution in [1.29, 1.82) is 0 Å². The van der Waals surface area contributed by atoms with Crippen LogP contribution < -0.4 is 9.80 Å². The third-order valence-electron chi connectivity index (χ3n) is 9.34. The van der Waals surface area contributed by atoms with Crippen molar-refractivity contribution in [2.75, 3.05) is 49.1 Å². The number of hydrogen-bond acceptors (Lipinski definition) is 6. The van der Waals surface area contributed by atoms with Crippen molar-refractivity contribution in [3.05, 3.63) is 49.6 Å². The molecular weight excluding hydrogens is 612 g/mol. The van der Waals surface area contributed by atoms with Gasteiger partial charge in [0.25, 0.3) is 5.91 Å². The van der Waals surface area contributed by atoms with Crippen LogP contribution in [0.2, 0.25) is 0 Å². The van der Waals surface area contributed by atoms with E-state index in [-0.39, 0.29) is 35.7 Å². The second-order valence-electron chi connectivity index (χ2n) is 11.7. The summed E-state index contributed by atoms with van der Waals surface area (Å²) >= 11 is 3.76. The van der Waals surface area contributed by atoms with Gasteiger partial charge < -0.3 is 29.4 Å². The molecule has 3 aliphatic rings. The fourth-order valence-corrected chi connectivity index (χ4v) is 8.34. The van der Waals surface area contributed by atoms with Gasteiger partial charge in [0.1, 0.15) is 11.6 Å². The SMILES string of the molecule is C=CCN(CCC)C(=O)[C@H]1[C@H]2C(=O)N([C@@H](CC)CO)C(C(=O)N(CC=C)c3ccc(N(CC)CC)cc3)C23CC(Br)[C@@H]1O3. The second-order valence-corrected chi connectivity index (χ2v) is 12.8. The second kappa shape index (κ2) is 13.9. The number of aliphatic hydroxyl groups excluding tert-OH is 1. The van der Waals surface area contributed by atoms with Crippen molar-refractivity contribution in [2.45, 2.75) is 75.6 Å². The summed E-state index contributed by atoms with van der Waals surface area (Å²) in [6.45, 7) is 18.4. The summed E-state index contributed by atoms with van der Waals surface area (Å²) in [5.41, 5.74) is 0.531. The van der Waals surface area contributed by atoms with E-state index in [2.05, 4.69) is 47.8 Å². The van der Waals surface area contributed by atoms with Crippen LogP contribution in [0.15, 0.2) is 49.6 Å². The molecule has 1 aromatic carbocycles. The molecule has 7 atom stereocenters. The average Bonchev–Trinajstić information content (AvgIpc) is 3.60. The van der Waals surface area contributed by atoms with E-state index in [4.69, 9.17) is 4.74 Å². The Labute approximate surface area is 264 Å². The number of fused-ring (bicyclic) bond motifs is 1. The lowest BCUT2D eigenvalue weighted by Gasteiger charge is -2.39. The molecule has 4 rings (SSSR count). The molecule has 3 amide bonds. The van der Waals surface area contributed by atoms with Crippen LogP contribution in [0.5, 0.6) is 0 Å². The Balaban J connectivity index is 1.80. The number of alkyl halides is 1. The Kier molecular flexibility index (Phi) is 10.8. The molecule has 1 N–H and O–H groups in total. The monoisotopic (exact) mass is 658 g/mol. The highest BCUT2D eigenvalue weighted by Gasteiger charge is 2.77. The number of amides is 3. The number of hydrogen-bond donors (Lipinski definition) is 1. The fourth-order valence-electron chi connectivity index (χ4n) is 7.40. The van der Waals surface area contributed by atoms with Gasteiger partial charge in [-0.3, -0.25) is 14.4 Å². The van der Waals surface area contributed by atoms with Gasteiger partial charge in [-0.05, 0) is 57.4 Å². The van der Waals surface area contributed by atoms with E-state index in [9.17, 15) is 19.5 Å². The number of likely N-dealkylation sites (tertiary alicyclic amines) is 1. The standard InChI is InChI=1S/C33H47BrN4O5/c1-7-17-36(18-8-2)30(40)26-27-31(41)38(22(10-4)21-39)29(33(27)20-25(34)28(26)43-33)32(42)37(19-9-3)24-15-13-23(14-16-24)35(11-5)12-6/h7,9,13-16,22,25-29,39H,1,3,8,10-12,17-21H2,2,4-6H3/t22-,25?,26-,27-,28-,29?,33?/m0/s1. The Morgan fingerprint density at radius 2 is 1.72 bits per heavy atom. The van der Waals surface area contributed by atoms with Crippen LogP contribution in [-0.4, -0.2) is 101 Å². The smallest absolute Gasteiger partial charge is 0.253 e. The van der Waals surface area contributed by atoms with Gasteiger partial charge in [-0.2, -0.15) is 0 Å². The minimum absolute atomic E-state index is 0.156. The molecular formula is C33H47BrN4O5.